The molecule has 0 fully saturated rings. The van der Waals surface area contributed by atoms with Gasteiger partial charge in [0.2, 0.25) is 0 Å². The largest absolute Gasteiger partial charge is 0.358 e. The summed E-state index contributed by atoms with van der Waals surface area (Å²) in [6, 6.07) is 7.76. The molecule has 2 N–H and O–H groups in total. The van der Waals surface area contributed by atoms with E-state index < -0.39 is 0 Å². The lowest BCUT2D eigenvalue weighted by Gasteiger charge is -1.99. The summed E-state index contributed by atoms with van der Waals surface area (Å²) < 4.78 is 0. The molecule has 18 heavy (non-hydrogen) atoms. The van der Waals surface area contributed by atoms with Gasteiger partial charge in [-0.25, -0.2) is 0 Å². The molecule has 0 saturated heterocycles. The molecule has 0 radical (unpaired) electrons. The Morgan fingerprint density at radius 3 is 2.67 bits per heavy atom. The molecule has 0 unspecified atom stereocenters. The molecule has 3 heteroatoms. The van der Waals surface area contributed by atoms with Crippen LogP contribution in [-0.2, 0) is 4.79 Å². The lowest BCUT2D eigenvalue weighted by atomic mass is 10.1. The maximum atomic E-state index is 12.1. The van der Waals surface area contributed by atoms with Crippen LogP contribution < -0.4 is 15.8 Å². The van der Waals surface area contributed by atoms with Gasteiger partial charge in [-0.15, -0.1) is 0 Å². The first-order chi connectivity index (χ1) is 8.58. The number of benzene rings is 1. The van der Waals surface area contributed by atoms with Gasteiger partial charge in [0.1, 0.15) is 0 Å². The molecule has 3 rings (SSSR count). The van der Waals surface area contributed by atoms with Gasteiger partial charge in [-0.3, -0.25) is 4.79 Å². The van der Waals surface area contributed by atoms with Crippen molar-refractivity contribution >= 4 is 23.7 Å². The summed E-state index contributed by atoms with van der Waals surface area (Å²) in [7, 11) is 0. The molecule has 2 aromatic rings. The summed E-state index contributed by atoms with van der Waals surface area (Å²) in [6.45, 7) is 8.00. The van der Waals surface area contributed by atoms with E-state index in [1.54, 1.807) is 0 Å². The zero-order chi connectivity index (χ0) is 12.9. The van der Waals surface area contributed by atoms with E-state index in [9.17, 15) is 4.79 Å². The lowest BCUT2D eigenvalue weighted by molar-refractivity contribution is -0.110. The highest BCUT2D eigenvalue weighted by Gasteiger charge is 2.24. The van der Waals surface area contributed by atoms with Crippen LogP contribution in [0.1, 0.15) is 17.0 Å². The zero-order valence-electron chi connectivity index (χ0n) is 10.4. The van der Waals surface area contributed by atoms with Crippen molar-refractivity contribution in [3.05, 3.63) is 51.7 Å². The molecule has 0 aliphatic carbocycles. The molecule has 1 aliphatic rings. The summed E-state index contributed by atoms with van der Waals surface area (Å²) in [5.74, 6) is -0.0638. The van der Waals surface area contributed by atoms with E-state index in [1.165, 1.54) is 0 Å². The Morgan fingerprint density at radius 1 is 1.22 bits per heavy atom. The number of fused-ring (bicyclic) bond motifs is 1. The second-order valence-corrected chi connectivity index (χ2v) is 4.68. The van der Waals surface area contributed by atoms with Gasteiger partial charge in [-0.2, -0.15) is 0 Å². The number of anilines is 1. The van der Waals surface area contributed by atoms with Gasteiger partial charge in [0.25, 0.3) is 5.91 Å². The van der Waals surface area contributed by atoms with E-state index in [2.05, 4.69) is 16.9 Å². The van der Waals surface area contributed by atoms with Gasteiger partial charge in [-0.05, 0) is 36.8 Å². The van der Waals surface area contributed by atoms with Crippen LogP contribution in [0.15, 0.2) is 24.3 Å². The highest BCUT2D eigenvalue weighted by molar-refractivity contribution is 6.28. The van der Waals surface area contributed by atoms with Crippen molar-refractivity contribution in [3.8, 4) is 0 Å². The van der Waals surface area contributed by atoms with E-state index >= 15 is 0 Å². The fourth-order valence-corrected chi connectivity index (χ4v) is 2.52. The number of nitrogens with one attached hydrogen (secondary N) is 2. The van der Waals surface area contributed by atoms with Crippen molar-refractivity contribution in [3.63, 3.8) is 0 Å². The zero-order valence-corrected chi connectivity index (χ0v) is 10.4. The molecule has 3 nitrogen and oxygen atoms in total. The predicted molar refractivity (Wildman–Crippen MR) is 72.6 cm³/mol. The van der Waals surface area contributed by atoms with Crippen LogP contribution in [0.2, 0.25) is 0 Å². The van der Waals surface area contributed by atoms with Gasteiger partial charge in [0.05, 0.1) is 11.3 Å². The van der Waals surface area contributed by atoms with Crippen LogP contribution in [0.5, 0.6) is 0 Å². The number of hydrogen-bond acceptors (Lipinski definition) is 1. The molecule has 1 amide bonds. The summed E-state index contributed by atoms with van der Waals surface area (Å²) in [6.07, 6.45) is 0. The molecule has 1 aromatic heterocycles. The number of H-pyrrole nitrogens is 1. The number of hydrogen-bond donors (Lipinski definition) is 2. The third-order valence-electron chi connectivity index (χ3n) is 3.28. The van der Waals surface area contributed by atoms with Crippen molar-refractivity contribution in [2.75, 3.05) is 5.32 Å². The van der Waals surface area contributed by atoms with E-state index in [4.69, 9.17) is 0 Å². The van der Waals surface area contributed by atoms with Gasteiger partial charge in [0.15, 0.2) is 0 Å². The molecule has 1 aliphatic heterocycles. The Labute approximate surface area is 105 Å². The minimum absolute atomic E-state index is 0.0638. The third kappa shape index (κ3) is 1.40. The second-order valence-electron chi connectivity index (χ2n) is 4.68. The second kappa shape index (κ2) is 3.60. The first-order valence-electron chi connectivity index (χ1n) is 5.88. The fourth-order valence-electron chi connectivity index (χ4n) is 2.52. The standard InChI is InChI=1S/C15H14N2O/c1-8-5-4-6-11-12(8)13(15(18)17-11)14-9(2)7-10(3)16-14/h4-7,16H,1H2,2-3H3,(H,17,18). The van der Waals surface area contributed by atoms with Crippen LogP contribution >= 0.6 is 0 Å². The van der Waals surface area contributed by atoms with E-state index in [-0.39, 0.29) is 5.91 Å². The number of aromatic nitrogens is 1. The van der Waals surface area contributed by atoms with Crippen LogP contribution in [-0.4, -0.2) is 10.9 Å². The van der Waals surface area contributed by atoms with Gasteiger partial charge < -0.3 is 10.3 Å². The summed E-state index contributed by atoms with van der Waals surface area (Å²) >= 11 is 0. The lowest BCUT2D eigenvalue weighted by Crippen LogP contribution is -2.24. The predicted octanol–water partition coefficient (Wildman–Crippen LogP) is 1.19. The van der Waals surface area contributed by atoms with Gasteiger partial charge >= 0.3 is 0 Å². The minimum Gasteiger partial charge on any atom is -0.358 e. The SMILES string of the molecule is C=c1cccc2c1=C(c1[nH]c(C)cc1C)C(=O)N2. The monoisotopic (exact) mass is 238 g/mol. The smallest absolute Gasteiger partial charge is 0.258 e. The third-order valence-corrected chi connectivity index (χ3v) is 3.28. The normalized spacial score (nSPS) is 13.7. The minimum atomic E-state index is -0.0638. The fraction of sp³-hybridized carbons (Fsp3) is 0.133. The molecule has 0 bridgehead atoms. The molecule has 90 valence electrons. The number of carbonyl (C=O) groups is 1. The number of aromatic amines is 1. The Morgan fingerprint density at radius 2 is 2.00 bits per heavy atom. The van der Waals surface area contributed by atoms with Crippen LogP contribution in [0, 0.1) is 13.8 Å². The molecule has 2 heterocycles. The van der Waals surface area contributed by atoms with Crippen molar-refractivity contribution in [2.45, 2.75) is 13.8 Å². The van der Waals surface area contributed by atoms with E-state index in [1.807, 2.05) is 38.1 Å². The van der Waals surface area contributed by atoms with E-state index in [0.717, 1.165) is 33.1 Å². The Kier molecular flexibility index (Phi) is 2.17. The van der Waals surface area contributed by atoms with Crippen molar-refractivity contribution in [1.82, 2.24) is 4.98 Å². The van der Waals surface area contributed by atoms with Crippen molar-refractivity contribution < 1.29 is 4.79 Å². The molecule has 0 atom stereocenters. The Hall–Kier alpha value is -2.29. The summed E-state index contributed by atoms with van der Waals surface area (Å²) in [4.78, 5) is 15.4. The molecule has 0 spiro atoms. The molecule has 1 aromatic carbocycles. The number of carbonyl (C=O) groups excluding carboxylic acids is 1. The van der Waals surface area contributed by atoms with Gasteiger partial charge in [0, 0.05) is 16.6 Å². The van der Waals surface area contributed by atoms with E-state index in [0.29, 0.717) is 5.57 Å². The molecular formula is C15H14N2O. The summed E-state index contributed by atoms with van der Waals surface area (Å²) in [5.41, 5.74) is 4.56. The average molecular weight is 238 g/mol. The molecule has 0 saturated carbocycles. The number of amides is 1. The summed E-state index contributed by atoms with van der Waals surface area (Å²) in [5, 5.41) is 4.67. The van der Waals surface area contributed by atoms with Crippen molar-refractivity contribution in [2.24, 2.45) is 0 Å². The van der Waals surface area contributed by atoms with Crippen LogP contribution in [0.3, 0.4) is 0 Å². The highest BCUT2D eigenvalue weighted by Crippen LogP contribution is 2.21. The quantitative estimate of drug-likeness (QED) is 0.770. The number of aryl methyl sites for hydroxylation is 2. The number of rotatable bonds is 1. The Balaban J connectivity index is 2.44. The average Bonchev–Trinajstić information content (AvgIpc) is 2.79. The first-order valence-corrected chi connectivity index (χ1v) is 5.88. The molecular weight excluding hydrogens is 224 g/mol. The first kappa shape index (κ1) is 10.8. The topological polar surface area (TPSA) is 44.9 Å². The van der Waals surface area contributed by atoms with Gasteiger partial charge in [-0.1, -0.05) is 18.7 Å². The maximum absolute atomic E-state index is 12.1. The maximum Gasteiger partial charge on any atom is 0.258 e. The Bertz CT molecular complexity index is 768. The van der Waals surface area contributed by atoms with Crippen LogP contribution in [0.4, 0.5) is 5.69 Å². The van der Waals surface area contributed by atoms with Crippen molar-refractivity contribution in [1.29, 1.82) is 0 Å². The van der Waals surface area contributed by atoms with Crippen LogP contribution in [0.25, 0.3) is 12.2 Å². The highest BCUT2D eigenvalue weighted by atomic mass is 16.1.